The third-order valence-electron chi connectivity index (χ3n) is 2.68. The maximum absolute atomic E-state index is 2.36. The van der Waals surface area contributed by atoms with E-state index in [-0.39, 0.29) is 0 Å². The zero-order valence-corrected chi connectivity index (χ0v) is 7.84. The Bertz CT molecular complexity index is 236. The molecule has 0 fully saturated rings. The summed E-state index contributed by atoms with van der Waals surface area (Å²) in [6.07, 6.45) is 11.3. The number of nitrogens with zero attached hydrogens (tertiary/aromatic N) is 1. The molecule has 1 aromatic rings. The van der Waals surface area contributed by atoms with E-state index in [1.807, 2.05) is 0 Å². The van der Waals surface area contributed by atoms with Crippen molar-refractivity contribution in [3.05, 3.63) is 23.5 Å². The minimum absolute atomic E-state index is 1.19. The molecule has 0 N–H and O–H groups in total. The Hall–Kier alpha value is -0.720. The first kappa shape index (κ1) is 7.90. The minimum Gasteiger partial charge on any atom is -0.354 e. The van der Waals surface area contributed by atoms with Gasteiger partial charge in [0.15, 0.2) is 0 Å². The summed E-state index contributed by atoms with van der Waals surface area (Å²) in [5.41, 5.74) is 3.21. The van der Waals surface area contributed by atoms with Gasteiger partial charge in [-0.05, 0) is 43.2 Å². The average Bonchev–Trinajstić information content (AvgIpc) is 2.47. The third kappa shape index (κ3) is 1.40. The fraction of sp³-hybridized carbons (Fsp3) is 0.636. The molecule has 1 aliphatic carbocycles. The van der Waals surface area contributed by atoms with E-state index in [4.69, 9.17) is 0 Å². The lowest BCUT2D eigenvalue weighted by atomic mass is 9.96. The van der Waals surface area contributed by atoms with Crippen LogP contribution in [-0.4, -0.2) is 4.57 Å². The summed E-state index contributed by atoms with van der Waals surface area (Å²) in [6, 6.07) is 0. The van der Waals surface area contributed by atoms with E-state index in [1.165, 1.54) is 38.6 Å². The van der Waals surface area contributed by atoms with Crippen LogP contribution in [0.3, 0.4) is 0 Å². The van der Waals surface area contributed by atoms with Gasteiger partial charge in [0.2, 0.25) is 0 Å². The Morgan fingerprint density at radius 2 is 1.75 bits per heavy atom. The van der Waals surface area contributed by atoms with Gasteiger partial charge in [-0.25, -0.2) is 0 Å². The fourth-order valence-electron chi connectivity index (χ4n) is 2.07. The Kier molecular flexibility index (Phi) is 2.20. The molecule has 0 aromatic carbocycles. The molecule has 66 valence electrons. The standard InChI is InChI=1S/C11H17N/c1-2-7-12-8-10-5-3-4-6-11(10)9-12/h8-9H,2-7H2,1H3. The van der Waals surface area contributed by atoms with Crippen molar-refractivity contribution in [2.45, 2.75) is 45.6 Å². The number of hydrogen-bond acceptors (Lipinski definition) is 0. The highest BCUT2D eigenvalue weighted by Crippen LogP contribution is 2.21. The topological polar surface area (TPSA) is 4.93 Å². The van der Waals surface area contributed by atoms with Crippen molar-refractivity contribution >= 4 is 0 Å². The van der Waals surface area contributed by atoms with Crippen LogP contribution in [0.5, 0.6) is 0 Å². The second-order valence-electron chi connectivity index (χ2n) is 3.75. The molecule has 0 unspecified atom stereocenters. The van der Waals surface area contributed by atoms with Crippen LogP contribution in [-0.2, 0) is 19.4 Å². The van der Waals surface area contributed by atoms with Gasteiger partial charge >= 0.3 is 0 Å². The summed E-state index contributed by atoms with van der Waals surface area (Å²) in [6.45, 7) is 3.42. The van der Waals surface area contributed by atoms with E-state index < -0.39 is 0 Å². The lowest BCUT2D eigenvalue weighted by Gasteiger charge is -2.08. The summed E-state index contributed by atoms with van der Waals surface area (Å²) in [5, 5.41) is 0. The predicted molar refractivity (Wildman–Crippen MR) is 51.4 cm³/mol. The van der Waals surface area contributed by atoms with Gasteiger partial charge in [0.1, 0.15) is 0 Å². The Morgan fingerprint density at radius 3 is 2.25 bits per heavy atom. The van der Waals surface area contributed by atoms with Crippen molar-refractivity contribution in [1.29, 1.82) is 0 Å². The van der Waals surface area contributed by atoms with Crippen molar-refractivity contribution in [2.24, 2.45) is 0 Å². The van der Waals surface area contributed by atoms with Crippen molar-refractivity contribution in [3.8, 4) is 0 Å². The summed E-state index contributed by atoms with van der Waals surface area (Å²) in [5.74, 6) is 0. The highest BCUT2D eigenvalue weighted by molar-refractivity contribution is 5.26. The number of aryl methyl sites for hydroxylation is 3. The third-order valence-corrected chi connectivity index (χ3v) is 2.68. The van der Waals surface area contributed by atoms with Crippen LogP contribution in [0.25, 0.3) is 0 Å². The van der Waals surface area contributed by atoms with Gasteiger partial charge in [-0.2, -0.15) is 0 Å². The highest BCUT2D eigenvalue weighted by atomic mass is 14.9. The monoisotopic (exact) mass is 163 g/mol. The van der Waals surface area contributed by atoms with Crippen LogP contribution in [0.15, 0.2) is 12.4 Å². The molecule has 1 heteroatoms. The molecule has 1 aliphatic rings. The normalized spacial score (nSPS) is 16.1. The van der Waals surface area contributed by atoms with Crippen molar-refractivity contribution < 1.29 is 0 Å². The van der Waals surface area contributed by atoms with Crippen LogP contribution >= 0.6 is 0 Å². The smallest absolute Gasteiger partial charge is 0.0217 e. The molecule has 0 atom stereocenters. The molecule has 1 nitrogen and oxygen atoms in total. The minimum atomic E-state index is 1.19. The van der Waals surface area contributed by atoms with Crippen LogP contribution < -0.4 is 0 Å². The van der Waals surface area contributed by atoms with Gasteiger partial charge in [-0.3, -0.25) is 0 Å². The number of aromatic nitrogens is 1. The summed E-state index contributed by atoms with van der Waals surface area (Å²) in [7, 11) is 0. The molecule has 0 spiro atoms. The predicted octanol–water partition coefficient (Wildman–Crippen LogP) is 2.78. The lowest BCUT2D eigenvalue weighted by Crippen LogP contribution is -1.97. The SMILES string of the molecule is CCCn1cc2c(c1)CCCC2. The summed E-state index contributed by atoms with van der Waals surface area (Å²) >= 11 is 0. The Balaban J connectivity index is 2.20. The number of hydrogen-bond donors (Lipinski definition) is 0. The molecule has 0 saturated carbocycles. The molecule has 0 bridgehead atoms. The molecule has 0 amide bonds. The second kappa shape index (κ2) is 3.34. The maximum atomic E-state index is 2.36. The Labute approximate surface area is 74.4 Å². The molecule has 2 rings (SSSR count). The van der Waals surface area contributed by atoms with Gasteiger partial charge < -0.3 is 4.57 Å². The van der Waals surface area contributed by atoms with Crippen molar-refractivity contribution in [1.82, 2.24) is 4.57 Å². The summed E-state index contributed by atoms with van der Waals surface area (Å²) < 4.78 is 2.36. The molecular formula is C11H17N. The number of rotatable bonds is 2. The lowest BCUT2D eigenvalue weighted by molar-refractivity contribution is 0.681. The quantitative estimate of drug-likeness (QED) is 0.631. The van der Waals surface area contributed by atoms with Gasteiger partial charge in [0, 0.05) is 18.9 Å². The molecule has 0 aliphatic heterocycles. The van der Waals surface area contributed by atoms with Crippen LogP contribution in [0, 0.1) is 0 Å². The molecule has 1 aromatic heterocycles. The van der Waals surface area contributed by atoms with E-state index >= 15 is 0 Å². The van der Waals surface area contributed by atoms with E-state index in [2.05, 4.69) is 23.9 Å². The fourth-order valence-corrected chi connectivity index (χ4v) is 2.07. The van der Waals surface area contributed by atoms with Crippen molar-refractivity contribution in [2.75, 3.05) is 0 Å². The Morgan fingerprint density at radius 1 is 1.17 bits per heavy atom. The zero-order valence-electron chi connectivity index (χ0n) is 7.84. The molecule has 0 saturated heterocycles. The van der Waals surface area contributed by atoms with Gasteiger partial charge in [0.05, 0.1) is 0 Å². The van der Waals surface area contributed by atoms with Crippen LogP contribution in [0.2, 0.25) is 0 Å². The van der Waals surface area contributed by atoms with Gasteiger partial charge in [0.25, 0.3) is 0 Å². The molecule has 12 heavy (non-hydrogen) atoms. The summed E-state index contributed by atoms with van der Waals surface area (Å²) in [4.78, 5) is 0. The van der Waals surface area contributed by atoms with Crippen molar-refractivity contribution in [3.63, 3.8) is 0 Å². The van der Waals surface area contributed by atoms with E-state index in [0.29, 0.717) is 0 Å². The first-order valence-electron chi connectivity index (χ1n) is 5.07. The average molecular weight is 163 g/mol. The van der Waals surface area contributed by atoms with Gasteiger partial charge in [-0.1, -0.05) is 6.92 Å². The first-order chi connectivity index (χ1) is 5.90. The molecular weight excluding hydrogens is 146 g/mol. The number of fused-ring (bicyclic) bond motifs is 1. The van der Waals surface area contributed by atoms with Crippen LogP contribution in [0.1, 0.15) is 37.3 Å². The first-order valence-corrected chi connectivity index (χ1v) is 5.07. The maximum Gasteiger partial charge on any atom is 0.0217 e. The molecule has 0 radical (unpaired) electrons. The van der Waals surface area contributed by atoms with Crippen LogP contribution in [0.4, 0.5) is 0 Å². The van der Waals surface area contributed by atoms with E-state index in [0.717, 1.165) is 0 Å². The largest absolute Gasteiger partial charge is 0.354 e. The van der Waals surface area contributed by atoms with E-state index in [9.17, 15) is 0 Å². The zero-order chi connectivity index (χ0) is 8.39. The van der Waals surface area contributed by atoms with E-state index in [1.54, 1.807) is 11.1 Å². The van der Waals surface area contributed by atoms with Gasteiger partial charge in [-0.15, -0.1) is 0 Å². The highest BCUT2D eigenvalue weighted by Gasteiger charge is 2.10. The molecule has 1 heterocycles. The second-order valence-corrected chi connectivity index (χ2v) is 3.75.